The van der Waals surface area contributed by atoms with E-state index < -0.39 is 0 Å². The van der Waals surface area contributed by atoms with Gasteiger partial charge in [-0.2, -0.15) is 0 Å². The number of carbonyl (C=O) groups excluding carboxylic acids is 1. The molecular formula is C25H21ClINO3S. The Morgan fingerprint density at radius 1 is 1.12 bits per heavy atom. The van der Waals surface area contributed by atoms with Crippen LogP contribution in [0.3, 0.4) is 0 Å². The van der Waals surface area contributed by atoms with Crippen LogP contribution in [0.4, 0.5) is 0 Å². The number of ether oxygens (including phenoxy) is 1. The van der Waals surface area contributed by atoms with Gasteiger partial charge >= 0.3 is 0 Å². The van der Waals surface area contributed by atoms with Gasteiger partial charge in [0.15, 0.2) is 5.75 Å². The highest BCUT2D eigenvalue weighted by Crippen LogP contribution is 2.43. The summed E-state index contributed by atoms with van der Waals surface area (Å²) in [5.74, 6) is 1.06. The standard InChI is InChI=1S/C25H21ClINO3S/c1-2-28-12-11-15-3-7-18(8-4-15)31-24-20-10-6-17(29)14-22(20)32-25(24)23(30)19-9-5-16(27)13-21(19)26/h3-10,13-14,28-29H,2,11-12H2,1H3. The molecule has 0 saturated carbocycles. The van der Waals surface area contributed by atoms with E-state index >= 15 is 0 Å². The molecule has 2 N–H and O–H groups in total. The van der Waals surface area contributed by atoms with Crippen molar-refractivity contribution in [2.45, 2.75) is 13.3 Å². The Hall–Kier alpha value is -2.13. The highest BCUT2D eigenvalue weighted by atomic mass is 127. The summed E-state index contributed by atoms with van der Waals surface area (Å²) in [6, 6.07) is 18.3. The average molecular weight is 578 g/mol. The van der Waals surface area contributed by atoms with Gasteiger partial charge in [0.1, 0.15) is 16.4 Å². The first kappa shape index (κ1) is 23.0. The summed E-state index contributed by atoms with van der Waals surface area (Å²) in [5, 5.41) is 14.4. The van der Waals surface area contributed by atoms with Crippen LogP contribution in [-0.4, -0.2) is 24.0 Å². The lowest BCUT2D eigenvalue weighted by molar-refractivity contribution is 0.104. The highest BCUT2D eigenvalue weighted by molar-refractivity contribution is 14.1. The number of hydrogen-bond acceptors (Lipinski definition) is 5. The van der Waals surface area contributed by atoms with Gasteiger partial charge in [-0.05, 0) is 96.2 Å². The number of benzene rings is 3. The Kier molecular flexibility index (Phi) is 7.35. The summed E-state index contributed by atoms with van der Waals surface area (Å²) in [7, 11) is 0. The fourth-order valence-electron chi connectivity index (χ4n) is 3.36. The zero-order valence-electron chi connectivity index (χ0n) is 17.3. The van der Waals surface area contributed by atoms with Crippen LogP contribution in [0.1, 0.15) is 27.7 Å². The molecular weight excluding hydrogens is 557 g/mol. The number of phenolic OH excluding ortho intramolecular Hbond substituents is 1. The molecule has 7 heteroatoms. The summed E-state index contributed by atoms with van der Waals surface area (Å²) in [4.78, 5) is 13.9. The topological polar surface area (TPSA) is 58.6 Å². The van der Waals surface area contributed by atoms with Crippen molar-refractivity contribution in [3.63, 3.8) is 0 Å². The maximum absolute atomic E-state index is 13.4. The van der Waals surface area contributed by atoms with E-state index in [-0.39, 0.29) is 11.5 Å². The molecule has 1 heterocycles. The molecule has 0 radical (unpaired) electrons. The van der Waals surface area contributed by atoms with Gasteiger partial charge in [0.2, 0.25) is 5.78 Å². The third-order valence-corrected chi connectivity index (χ3v) is 7.11. The first-order chi connectivity index (χ1) is 15.5. The molecule has 0 unspecified atom stereocenters. The monoisotopic (exact) mass is 577 g/mol. The van der Waals surface area contributed by atoms with Crippen LogP contribution in [0.25, 0.3) is 10.1 Å². The van der Waals surface area contributed by atoms with E-state index in [0.29, 0.717) is 27.0 Å². The van der Waals surface area contributed by atoms with Crippen molar-refractivity contribution in [1.82, 2.24) is 5.32 Å². The molecule has 0 amide bonds. The lowest BCUT2D eigenvalue weighted by atomic mass is 10.1. The molecule has 4 nitrogen and oxygen atoms in total. The number of carbonyl (C=O) groups is 1. The number of rotatable bonds is 8. The van der Waals surface area contributed by atoms with E-state index in [4.69, 9.17) is 16.3 Å². The predicted molar refractivity (Wildman–Crippen MR) is 140 cm³/mol. The van der Waals surface area contributed by atoms with E-state index in [9.17, 15) is 9.90 Å². The van der Waals surface area contributed by atoms with E-state index in [0.717, 1.165) is 33.2 Å². The van der Waals surface area contributed by atoms with Gasteiger partial charge in [0, 0.05) is 19.2 Å². The van der Waals surface area contributed by atoms with Crippen LogP contribution in [0.15, 0.2) is 60.7 Å². The predicted octanol–water partition coefficient (Wildman–Crippen LogP) is 7.04. The molecule has 0 aliphatic carbocycles. The number of ketones is 1. The van der Waals surface area contributed by atoms with Gasteiger partial charge < -0.3 is 15.2 Å². The zero-order chi connectivity index (χ0) is 22.7. The zero-order valence-corrected chi connectivity index (χ0v) is 21.1. The fourth-order valence-corrected chi connectivity index (χ4v) is 5.42. The molecule has 0 aliphatic rings. The minimum atomic E-state index is -0.204. The maximum Gasteiger partial charge on any atom is 0.208 e. The summed E-state index contributed by atoms with van der Waals surface area (Å²) in [6.45, 7) is 3.96. The van der Waals surface area contributed by atoms with Crippen LogP contribution in [0.5, 0.6) is 17.2 Å². The third kappa shape index (κ3) is 5.09. The number of nitrogens with one attached hydrogen (secondary N) is 1. The van der Waals surface area contributed by atoms with Crippen LogP contribution in [-0.2, 0) is 6.42 Å². The minimum absolute atomic E-state index is 0.140. The molecule has 0 spiro atoms. The van der Waals surface area contributed by atoms with Gasteiger partial charge in [-0.3, -0.25) is 4.79 Å². The minimum Gasteiger partial charge on any atom is -0.508 e. The first-order valence-electron chi connectivity index (χ1n) is 10.2. The van der Waals surface area contributed by atoms with E-state index in [1.165, 1.54) is 16.9 Å². The van der Waals surface area contributed by atoms with Gasteiger partial charge in [-0.1, -0.05) is 30.7 Å². The second-order valence-corrected chi connectivity index (χ2v) is 9.95. The molecule has 0 saturated heterocycles. The molecule has 1 aromatic heterocycles. The van der Waals surface area contributed by atoms with Crippen molar-refractivity contribution in [3.8, 4) is 17.2 Å². The maximum atomic E-state index is 13.4. The molecule has 0 fully saturated rings. The Morgan fingerprint density at radius 2 is 1.91 bits per heavy atom. The Labute approximate surface area is 209 Å². The van der Waals surface area contributed by atoms with Crippen LogP contribution >= 0.6 is 45.5 Å². The van der Waals surface area contributed by atoms with Crippen molar-refractivity contribution >= 4 is 61.4 Å². The summed E-state index contributed by atoms with van der Waals surface area (Å²) in [5.41, 5.74) is 1.63. The Balaban J connectivity index is 1.71. The number of halogens is 2. The molecule has 3 aromatic carbocycles. The van der Waals surface area contributed by atoms with Crippen LogP contribution < -0.4 is 10.1 Å². The lowest BCUT2D eigenvalue weighted by Gasteiger charge is -2.10. The van der Waals surface area contributed by atoms with Crippen LogP contribution in [0.2, 0.25) is 5.02 Å². The number of aromatic hydroxyl groups is 1. The number of hydrogen-bond donors (Lipinski definition) is 2. The van der Waals surface area contributed by atoms with Crippen molar-refractivity contribution < 1.29 is 14.6 Å². The molecule has 0 atom stereocenters. The second kappa shape index (κ2) is 10.2. The quantitative estimate of drug-likeness (QED) is 0.134. The lowest BCUT2D eigenvalue weighted by Crippen LogP contribution is -2.15. The second-order valence-electron chi connectivity index (χ2n) is 7.24. The number of phenols is 1. The van der Waals surface area contributed by atoms with E-state index in [2.05, 4.69) is 34.8 Å². The fraction of sp³-hybridized carbons (Fsp3) is 0.160. The molecule has 164 valence electrons. The summed E-state index contributed by atoms with van der Waals surface area (Å²) >= 11 is 9.82. The molecule has 0 bridgehead atoms. The smallest absolute Gasteiger partial charge is 0.208 e. The van der Waals surface area contributed by atoms with Crippen molar-refractivity contribution in [3.05, 3.63) is 85.3 Å². The number of fused-ring (bicyclic) bond motifs is 1. The largest absolute Gasteiger partial charge is 0.508 e. The van der Waals surface area contributed by atoms with Gasteiger partial charge in [-0.15, -0.1) is 11.3 Å². The normalized spacial score (nSPS) is 11.1. The Bertz CT molecular complexity index is 1270. The SMILES string of the molecule is CCNCCc1ccc(Oc2c(C(=O)c3ccc(I)cc3Cl)sc3cc(O)ccc23)cc1. The summed E-state index contributed by atoms with van der Waals surface area (Å²) in [6.07, 6.45) is 0.934. The van der Waals surface area contributed by atoms with E-state index in [1.807, 2.05) is 30.3 Å². The summed E-state index contributed by atoms with van der Waals surface area (Å²) < 4.78 is 7.96. The van der Waals surface area contributed by atoms with Crippen molar-refractivity contribution in [2.75, 3.05) is 13.1 Å². The van der Waals surface area contributed by atoms with Crippen molar-refractivity contribution in [2.24, 2.45) is 0 Å². The van der Waals surface area contributed by atoms with Gasteiger partial charge in [-0.25, -0.2) is 0 Å². The first-order valence-corrected chi connectivity index (χ1v) is 12.5. The third-order valence-electron chi connectivity index (χ3n) is 4.99. The Morgan fingerprint density at radius 3 is 2.62 bits per heavy atom. The van der Waals surface area contributed by atoms with Crippen molar-refractivity contribution in [1.29, 1.82) is 0 Å². The van der Waals surface area contributed by atoms with E-state index in [1.54, 1.807) is 30.3 Å². The molecule has 0 aliphatic heterocycles. The average Bonchev–Trinajstić information content (AvgIpc) is 3.12. The molecule has 32 heavy (non-hydrogen) atoms. The molecule has 4 rings (SSSR count). The number of thiophene rings is 1. The highest BCUT2D eigenvalue weighted by Gasteiger charge is 2.24. The number of likely N-dealkylation sites (N-methyl/N-ethyl adjacent to an activating group) is 1. The van der Waals surface area contributed by atoms with Crippen LogP contribution in [0, 0.1) is 3.57 Å². The van der Waals surface area contributed by atoms with Gasteiger partial charge in [0.25, 0.3) is 0 Å². The molecule has 4 aromatic rings. The van der Waals surface area contributed by atoms with Gasteiger partial charge in [0.05, 0.1) is 5.02 Å².